The van der Waals surface area contributed by atoms with Gasteiger partial charge in [-0.2, -0.15) is 0 Å². The van der Waals surface area contributed by atoms with Crippen LogP contribution in [-0.2, 0) is 5.41 Å². The third-order valence-electron chi connectivity index (χ3n) is 11.8. The van der Waals surface area contributed by atoms with E-state index in [1.807, 2.05) is 11.3 Å². The summed E-state index contributed by atoms with van der Waals surface area (Å²) >= 11 is 1.86. The van der Waals surface area contributed by atoms with E-state index in [4.69, 9.17) is 0 Å². The minimum atomic E-state index is -0.497. The predicted molar refractivity (Wildman–Crippen MR) is 242 cm³/mol. The van der Waals surface area contributed by atoms with E-state index in [9.17, 15) is 0 Å². The Labute approximate surface area is 337 Å². The first-order valence-corrected chi connectivity index (χ1v) is 20.4. The molecule has 0 aliphatic heterocycles. The van der Waals surface area contributed by atoms with Crippen molar-refractivity contribution in [2.75, 3.05) is 4.90 Å². The van der Waals surface area contributed by atoms with Crippen molar-refractivity contribution in [1.29, 1.82) is 0 Å². The zero-order valence-electron chi connectivity index (χ0n) is 31.2. The third-order valence-corrected chi connectivity index (χ3v) is 12.9. The van der Waals surface area contributed by atoms with E-state index in [2.05, 4.69) is 229 Å². The highest BCUT2D eigenvalue weighted by Crippen LogP contribution is 2.57. The zero-order chi connectivity index (χ0) is 37.8. The zero-order valence-corrected chi connectivity index (χ0v) is 32.0. The Bertz CT molecular complexity index is 3020. The first-order chi connectivity index (χ1) is 28.3. The Morgan fingerprint density at radius 2 is 0.895 bits per heavy atom. The van der Waals surface area contributed by atoms with Crippen LogP contribution in [0, 0.1) is 0 Å². The van der Waals surface area contributed by atoms with Gasteiger partial charge in [0.2, 0.25) is 0 Å². The van der Waals surface area contributed by atoms with Crippen LogP contribution in [0.2, 0.25) is 0 Å². The molecule has 0 fully saturated rings. The Morgan fingerprint density at radius 3 is 1.65 bits per heavy atom. The molecule has 268 valence electrons. The lowest BCUT2D eigenvalue weighted by Gasteiger charge is -2.35. The third kappa shape index (κ3) is 5.37. The molecule has 0 saturated carbocycles. The lowest BCUT2D eigenvalue weighted by Crippen LogP contribution is -2.28. The summed E-state index contributed by atoms with van der Waals surface area (Å²) in [5, 5.41) is 2.63. The molecular formula is C55H37NS. The minimum Gasteiger partial charge on any atom is -0.310 e. The van der Waals surface area contributed by atoms with Crippen LogP contribution in [0.5, 0.6) is 0 Å². The maximum absolute atomic E-state index is 2.46. The summed E-state index contributed by atoms with van der Waals surface area (Å²) in [7, 11) is 0. The van der Waals surface area contributed by atoms with Crippen molar-refractivity contribution in [3.63, 3.8) is 0 Å². The van der Waals surface area contributed by atoms with Gasteiger partial charge in [-0.05, 0) is 98.6 Å². The quantitative estimate of drug-likeness (QED) is 0.157. The lowest BCUT2D eigenvalue weighted by atomic mass is 9.67. The second-order valence-electron chi connectivity index (χ2n) is 14.8. The van der Waals surface area contributed by atoms with Gasteiger partial charge in [0, 0.05) is 37.1 Å². The summed E-state index contributed by atoms with van der Waals surface area (Å²) in [5.74, 6) is 0. The molecular weight excluding hydrogens is 707 g/mol. The van der Waals surface area contributed by atoms with E-state index in [1.54, 1.807) is 0 Å². The van der Waals surface area contributed by atoms with E-state index >= 15 is 0 Å². The molecule has 10 aromatic rings. The SMILES string of the molecule is c1ccc(-c2ccccc2N(c2ccc(-c3ccc4sc5ccccc5c4c3)cc2)c2ccc3c(c2)C(c2ccccc2)(c2ccccc2)c2ccccc2-3)cc1. The normalized spacial score (nSPS) is 12.7. The molecule has 0 amide bonds. The molecule has 0 spiro atoms. The smallest absolute Gasteiger partial charge is 0.0714 e. The molecule has 9 aromatic carbocycles. The Morgan fingerprint density at radius 1 is 0.333 bits per heavy atom. The van der Waals surface area contributed by atoms with Crippen LogP contribution in [0.3, 0.4) is 0 Å². The average molecular weight is 744 g/mol. The molecule has 1 aliphatic carbocycles. The van der Waals surface area contributed by atoms with Gasteiger partial charge < -0.3 is 4.90 Å². The van der Waals surface area contributed by atoms with Crippen molar-refractivity contribution >= 4 is 48.6 Å². The number of fused-ring (bicyclic) bond motifs is 6. The number of benzene rings is 9. The second kappa shape index (κ2) is 13.6. The molecule has 2 heteroatoms. The van der Waals surface area contributed by atoms with Gasteiger partial charge >= 0.3 is 0 Å². The Hall–Kier alpha value is -7.00. The summed E-state index contributed by atoms with van der Waals surface area (Å²) in [5.41, 5.74) is 15.3. The number of anilines is 3. The molecule has 0 atom stereocenters. The molecule has 11 rings (SSSR count). The lowest BCUT2D eigenvalue weighted by molar-refractivity contribution is 0.768. The number of hydrogen-bond donors (Lipinski definition) is 0. The number of nitrogens with zero attached hydrogens (tertiary/aromatic N) is 1. The topological polar surface area (TPSA) is 3.24 Å². The van der Waals surface area contributed by atoms with Crippen LogP contribution in [0.25, 0.3) is 53.6 Å². The summed E-state index contributed by atoms with van der Waals surface area (Å²) < 4.78 is 2.65. The van der Waals surface area contributed by atoms with Gasteiger partial charge in [-0.25, -0.2) is 0 Å². The van der Waals surface area contributed by atoms with Crippen molar-refractivity contribution in [1.82, 2.24) is 0 Å². The summed E-state index contributed by atoms with van der Waals surface area (Å²) in [6, 6.07) is 82.5. The van der Waals surface area contributed by atoms with Gasteiger partial charge in [0.1, 0.15) is 0 Å². The van der Waals surface area contributed by atoms with E-state index in [0.717, 1.165) is 17.1 Å². The summed E-state index contributed by atoms with van der Waals surface area (Å²) in [6.45, 7) is 0. The van der Waals surface area contributed by atoms with Gasteiger partial charge in [-0.1, -0.05) is 176 Å². The molecule has 1 aromatic heterocycles. The second-order valence-corrected chi connectivity index (χ2v) is 15.9. The molecule has 1 nitrogen and oxygen atoms in total. The predicted octanol–water partition coefficient (Wildman–Crippen LogP) is 15.2. The first-order valence-electron chi connectivity index (χ1n) is 19.6. The molecule has 1 heterocycles. The molecule has 0 bridgehead atoms. The van der Waals surface area contributed by atoms with Gasteiger partial charge in [0.25, 0.3) is 0 Å². The summed E-state index contributed by atoms with van der Waals surface area (Å²) in [4.78, 5) is 2.45. The van der Waals surface area contributed by atoms with E-state index in [-0.39, 0.29) is 0 Å². The average Bonchev–Trinajstić information content (AvgIpc) is 3.81. The fourth-order valence-corrected chi connectivity index (χ4v) is 10.3. The highest BCUT2D eigenvalue weighted by Gasteiger charge is 2.46. The number of hydrogen-bond acceptors (Lipinski definition) is 2. The molecule has 1 aliphatic rings. The van der Waals surface area contributed by atoms with Crippen LogP contribution in [0.4, 0.5) is 17.1 Å². The number of para-hydroxylation sites is 1. The van der Waals surface area contributed by atoms with Crippen LogP contribution in [0.15, 0.2) is 224 Å². The maximum atomic E-state index is 2.46. The maximum Gasteiger partial charge on any atom is 0.0714 e. The fraction of sp³-hybridized carbons (Fsp3) is 0.0182. The van der Waals surface area contributed by atoms with Crippen molar-refractivity contribution < 1.29 is 0 Å². The number of rotatable bonds is 7. The van der Waals surface area contributed by atoms with Crippen LogP contribution >= 0.6 is 11.3 Å². The number of thiophene rings is 1. The van der Waals surface area contributed by atoms with Crippen LogP contribution in [-0.4, -0.2) is 0 Å². The molecule has 0 unspecified atom stereocenters. The van der Waals surface area contributed by atoms with Crippen LogP contribution in [0.1, 0.15) is 22.3 Å². The van der Waals surface area contributed by atoms with Crippen molar-refractivity contribution in [2.24, 2.45) is 0 Å². The van der Waals surface area contributed by atoms with Gasteiger partial charge in [-0.15, -0.1) is 11.3 Å². The van der Waals surface area contributed by atoms with Crippen molar-refractivity contribution in [3.8, 4) is 33.4 Å². The largest absolute Gasteiger partial charge is 0.310 e. The monoisotopic (exact) mass is 743 g/mol. The minimum absolute atomic E-state index is 0.497. The summed E-state index contributed by atoms with van der Waals surface area (Å²) in [6.07, 6.45) is 0. The molecule has 0 N–H and O–H groups in total. The highest BCUT2D eigenvalue weighted by molar-refractivity contribution is 7.25. The molecule has 0 radical (unpaired) electrons. The van der Waals surface area contributed by atoms with Crippen molar-refractivity contribution in [3.05, 3.63) is 247 Å². The van der Waals surface area contributed by atoms with Gasteiger partial charge in [-0.3, -0.25) is 0 Å². The highest BCUT2D eigenvalue weighted by atomic mass is 32.1. The fourth-order valence-electron chi connectivity index (χ4n) is 9.24. The van der Waals surface area contributed by atoms with Gasteiger partial charge in [0.15, 0.2) is 0 Å². The standard InChI is InChI=1S/C55H37NS/c1-4-16-39(17-5-1)45-22-11-14-26-52(45)56(43-31-28-38(29-32-43)40-30-35-54-49(36-40)48-24-12-15-27-53(48)57-54)44-33-34-47-46-23-10-13-25-50(46)55(51(47)37-44,41-18-6-2-7-19-41)42-20-8-3-9-21-42/h1-37H. The Kier molecular flexibility index (Phi) is 7.98. The van der Waals surface area contributed by atoms with Crippen LogP contribution < -0.4 is 4.90 Å². The van der Waals surface area contributed by atoms with Gasteiger partial charge in [0.05, 0.1) is 11.1 Å². The van der Waals surface area contributed by atoms with E-state index in [1.165, 1.54) is 75.8 Å². The van der Waals surface area contributed by atoms with E-state index < -0.39 is 5.41 Å². The van der Waals surface area contributed by atoms with Crippen molar-refractivity contribution in [2.45, 2.75) is 5.41 Å². The van der Waals surface area contributed by atoms with E-state index in [0.29, 0.717) is 0 Å². The Balaban J connectivity index is 1.12. The molecule has 57 heavy (non-hydrogen) atoms. The molecule has 0 saturated heterocycles. The first kappa shape index (κ1) is 33.3.